The summed E-state index contributed by atoms with van der Waals surface area (Å²) in [4.78, 5) is 18.7. The van der Waals surface area contributed by atoms with Crippen molar-refractivity contribution in [3.8, 4) is 0 Å². The molecule has 1 heterocycles. The molecule has 0 radical (unpaired) electrons. The number of aromatic nitrogens is 1. The van der Waals surface area contributed by atoms with E-state index < -0.39 is 16.1 Å². The first-order valence-corrected chi connectivity index (χ1v) is 11.8. The molecule has 1 aliphatic rings. The molecule has 0 aliphatic heterocycles. The molecule has 8 heteroatoms. The normalized spacial score (nSPS) is 18.0. The summed E-state index contributed by atoms with van der Waals surface area (Å²) < 4.78 is 28.0. The van der Waals surface area contributed by atoms with Gasteiger partial charge in [-0.2, -0.15) is 4.72 Å². The highest BCUT2D eigenvalue weighted by molar-refractivity contribution is 7.89. The van der Waals surface area contributed by atoms with E-state index in [2.05, 4.69) is 21.9 Å². The third kappa shape index (κ3) is 4.79. The summed E-state index contributed by atoms with van der Waals surface area (Å²) in [5.74, 6) is 0.0286. The molecule has 1 aromatic carbocycles. The van der Waals surface area contributed by atoms with Gasteiger partial charge in [-0.1, -0.05) is 38.5 Å². The van der Waals surface area contributed by atoms with Crippen LogP contribution in [0.5, 0.6) is 0 Å². The minimum atomic E-state index is -3.80. The van der Waals surface area contributed by atoms with Crippen molar-refractivity contribution in [3.05, 3.63) is 40.4 Å². The van der Waals surface area contributed by atoms with Crippen LogP contribution in [-0.2, 0) is 27.7 Å². The van der Waals surface area contributed by atoms with E-state index in [-0.39, 0.29) is 16.7 Å². The van der Waals surface area contributed by atoms with Crippen LogP contribution in [0, 0.1) is 18.8 Å². The van der Waals surface area contributed by atoms with Crippen molar-refractivity contribution in [2.45, 2.75) is 57.9 Å². The number of fused-ring (bicyclic) bond motifs is 1. The third-order valence-corrected chi connectivity index (χ3v) is 7.47. The van der Waals surface area contributed by atoms with Gasteiger partial charge in [-0.05, 0) is 50.2 Å². The van der Waals surface area contributed by atoms with Gasteiger partial charge in [-0.15, -0.1) is 11.3 Å². The van der Waals surface area contributed by atoms with Crippen molar-refractivity contribution in [2.75, 3.05) is 5.32 Å². The smallest absolute Gasteiger partial charge is 0.244 e. The Balaban J connectivity index is 1.75. The maximum absolute atomic E-state index is 12.8. The lowest BCUT2D eigenvalue weighted by Gasteiger charge is -2.21. The van der Waals surface area contributed by atoms with Crippen molar-refractivity contribution < 1.29 is 13.2 Å². The lowest BCUT2D eigenvalue weighted by molar-refractivity contribution is -0.118. The highest BCUT2D eigenvalue weighted by Gasteiger charge is 2.29. The molecular formula is C20H27N3O3S2. The second kappa shape index (κ2) is 8.31. The molecule has 0 spiro atoms. The van der Waals surface area contributed by atoms with Gasteiger partial charge in [0.1, 0.15) is 6.04 Å². The number of rotatable bonds is 6. The van der Waals surface area contributed by atoms with E-state index in [9.17, 15) is 13.2 Å². The summed E-state index contributed by atoms with van der Waals surface area (Å²) in [5, 5.41) is 3.37. The summed E-state index contributed by atoms with van der Waals surface area (Å²) in [6, 6.07) is 5.68. The minimum absolute atomic E-state index is 0.148. The molecule has 1 amide bonds. The van der Waals surface area contributed by atoms with Gasteiger partial charge in [-0.3, -0.25) is 4.79 Å². The number of nitrogens with zero attached hydrogens (tertiary/aromatic N) is 1. The van der Waals surface area contributed by atoms with Crippen molar-refractivity contribution in [1.82, 2.24) is 9.71 Å². The molecule has 1 unspecified atom stereocenters. The maximum Gasteiger partial charge on any atom is 0.244 e. The average Bonchev–Trinajstić information content (AvgIpc) is 3.01. The predicted octanol–water partition coefficient (Wildman–Crippen LogP) is 3.52. The standard InChI is InChI=1S/C20H27N3O3S2/c1-12(2)18(23-28(25,26)15-8-5-13(3)6-9-15)19(24)22-20-21-16-10-7-14(4)11-17(16)27-20/h5-6,8-9,12,14,18,23H,7,10-11H2,1-4H3,(H,21,22,24)/t14?,18-/m0/s1. The predicted molar refractivity (Wildman–Crippen MR) is 112 cm³/mol. The summed E-state index contributed by atoms with van der Waals surface area (Å²) >= 11 is 1.49. The van der Waals surface area contributed by atoms with Gasteiger partial charge in [0.2, 0.25) is 15.9 Å². The van der Waals surface area contributed by atoms with Gasteiger partial charge in [0, 0.05) is 4.88 Å². The lowest BCUT2D eigenvalue weighted by Crippen LogP contribution is -2.47. The molecule has 0 saturated carbocycles. The largest absolute Gasteiger partial charge is 0.301 e. The number of nitrogens with one attached hydrogen (secondary N) is 2. The summed E-state index contributed by atoms with van der Waals surface area (Å²) in [7, 11) is -3.80. The number of anilines is 1. The number of carbonyl (C=O) groups excluding carboxylic acids is 1. The fourth-order valence-electron chi connectivity index (χ4n) is 3.22. The number of amides is 1. The van der Waals surface area contributed by atoms with E-state index in [0.717, 1.165) is 30.5 Å². The van der Waals surface area contributed by atoms with Gasteiger partial charge >= 0.3 is 0 Å². The molecule has 152 valence electrons. The number of benzene rings is 1. The molecule has 1 aliphatic carbocycles. The van der Waals surface area contributed by atoms with Crippen LogP contribution < -0.4 is 10.0 Å². The Morgan fingerprint density at radius 2 is 1.93 bits per heavy atom. The Labute approximate surface area is 170 Å². The number of hydrogen-bond acceptors (Lipinski definition) is 5. The Morgan fingerprint density at radius 1 is 1.25 bits per heavy atom. The summed E-state index contributed by atoms with van der Waals surface area (Å²) in [6.07, 6.45) is 3.02. The van der Waals surface area contributed by atoms with Gasteiger partial charge in [-0.25, -0.2) is 13.4 Å². The molecule has 3 rings (SSSR count). The van der Waals surface area contributed by atoms with Gasteiger partial charge < -0.3 is 5.32 Å². The number of carbonyl (C=O) groups is 1. The zero-order valence-electron chi connectivity index (χ0n) is 16.7. The van der Waals surface area contributed by atoms with E-state index in [1.807, 2.05) is 20.8 Å². The fourth-order valence-corrected chi connectivity index (χ4v) is 5.74. The summed E-state index contributed by atoms with van der Waals surface area (Å²) in [6.45, 7) is 7.74. The molecule has 0 bridgehead atoms. The zero-order valence-corrected chi connectivity index (χ0v) is 18.3. The van der Waals surface area contributed by atoms with Crippen molar-refractivity contribution in [2.24, 2.45) is 11.8 Å². The SMILES string of the molecule is Cc1ccc(S(=O)(=O)N[C@H](C(=O)Nc2nc3c(s2)CC(C)CC3)C(C)C)cc1. The fraction of sp³-hybridized carbons (Fsp3) is 0.500. The van der Waals surface area contributed by atoms with E-state index in [1.54, 1.807) is 24.3 Å². The van der Waals surface area contributed by atoms with E-state index in [1.165, 1.54) is 16.2 Å². The molecule has 0 fully saturated rings. The van der Waals surface area contributed by atoms with E-state index >= 15 is 0 Å². The molecule has 2 atom stereocenters. The average molecular weight is 422 g/mol. The molecule has 2 N–H and O–H groups in total. The lowest BCUT2D eigenvalue weighted by atomic mass is 9.93. The minimum Gasteiger partial charge on any atom is -0.301 e. The van der Waals surface area contributed by atoms with E-state index in [0.29, 0.717) is 11.0 Å². The van der Waals surface area contributed by atoms with Crippen LogP contribution in [0.1, 0.15) is 43.3 Å². The maximum atomic E-state index is 12.8. The molecule has 1 aromatic heterocycles. The number of sulfonamides is 1. The second-order valence-corrected chi connectivity index (χ2v) is 10.7. The van der Waals surface area contributed by atoms with Crippen LogP contribution in [0.25, 0.3) is 0 Å². The highest BCUT2D eigenvalue weighted by atomic mass is 32.2. The highest BCUT2D eigenvalue weighted by Crippen LogP contribution is 2.32. The Bertz CT molecular complexity index is 950. The van der Waals surface area contributed by atoms with Crippen LogP contribution in [0.4, 0.5) is 5.13 Å². The molecule has 28 heavy (non-hydrogen) atoms. The number of thiazole rings is 1. The van der Waals surface area contributed by atoms with Crippen LogP contribution in [0.15, 0.2) is 29.2 Å². The molecule has 0 saturated heterocycles. The number of hydrogen-bond donors (Lipinski definition) is 2. The first kappa shape index (κ1) is 21.0. The van der Waals surface area contributed by atoms with E-state index in [4.69, 9.17) is 0 Å². The number of aryl methyl sites for hydroxylation is 2. The summed E-state index contributed by atoms with van der Waals surface area (Å²) in [5.41, 5.74) is 2.03. The first-order chi connectivity index (χ1) is 13.2. The van der Waals surface area contributed by atoms with Crippen LogP contribution in [0.3, 0.4) is 0 Å². The van der Waals surface area contributed by atoms with Crippen LogP contribution in [-0.4, -0.2) is 25.4 Å². The molecule has 6 nitrogen and oxygen atoms in total. The Morgan fingerprint density at radius 3 is 2.57 bits per heavy atom. The van der Waals surface area contributed by atoms with Crippen molar-refractivity contribution >= 4 is 32.4 Å². The van der Waals surface area contributed by atoms with Crippen molar-refractivity contribution in [3.63, 3.8) is 0 Å². The van der Waals surface area contributed by atoms with Gasteiger partial charge in [0.25, 0.3) is 0 Å². The molecule has 2 aromatic rings. The first-order valence-electron chi connectivity index (χ1n) is 9.54. The van der Waals surface area contributed by atoms with Crippen molar-refractivity contribution in [1.29, 1.82) is 0 Å². The van der Waals surface area contributed by atoms with Crippen LogP contribution in [0.2, 0.25) is 0 Å². The topological polar surface area (TPSA) is 88.2 Å². The quantitative estimate of drug-likeness (QED) is 0.747. The monoisotopic (exact) mass is 421 g/mol. The Hall–Kier alpha value is -1.77. The van der Waals surface area contributed by atoms with Crippen LogP contribution >= 0.6 is 11.3 Å². The van der Waals surface area contributed by atoms with Gasteiger partial charge in [0.15, 0.2) is 5.13 Å². The third-order valence-electron chi connectivity index (χ3n) is 4.98. The Kier molecular flexibility index (Phi) is 6.21. The molecular weight excluding hydrogens is 394 g/mol. The second-order valence-electron chi connectivity index (χ2n) is 7.88. The van der Waals surface area contributed by atoms with Gasteiger partial charge in [0.05, 0.1) is 10.6 Å². The zero-order chi connectivity index (χ0) is 20.5.